The van der Waals surface area contributed by atoms with E-state index in [2.05, 4.69) is 38.6 Å². The minimum Gasteiger partial charge on any atom is -0.225 e. The molecule has 0 spiro atoms. The van der Waals surface area contributed by atoms with Crippen molar-refractivity contribution in [2.75, 3.05) is 5.75 Å². The molecule has 0 radical (unpaired) electrons. The van der Waals surface area contributed by atoms with E-state index in [0.29, 0.717) is 0 Å². The Morgan fingerprint density at radius 1 is 1.31 bits per heavy atom. The Hall–Kier alpha value is -1.29. The third kappa shape index (κ3) is 1.85. The standard InChI is InChI=1S/C12H14N3S/c1-2-5-11(6-3-1)9-15-12-14(10-13-15)7-4-8-16-12/h1-3,5-6,10H,4,7-9H2/q+1. The molecule has 2 aromatic rings. The van der Waals surface area contributed by atoms with Crippen molar-refractivity contribution in [2.45, 2.75) is 24.7 Å². The van der Waals surface area contributed by atoms with Gasteiger partial charge in [-0.25, -0.2) is 4.57 Å². The first kappa shape index (κ1) is 9.90. The quantitative estimate of drug-likeness (QED) is 0.735. The molecule has 16 heavy (non-hydrogen) atoms. The van der Waals surface area contributed by atoms with Gasteiger partial charge in [0.05, 0.1) is 6.54 Å². The second kappa shape index (κ2) is 4.29. The van der Waals surface area contributed by atoms with Crippen LogP contribution in [0.15, 0.2) is 41.8 Å². The molecule has 1 aliphatic rings. The number of benzene rings is 1. The highest BCUT2D eigenvalue weighted by atomic mass is 32.2. The molecule has 0 saturated carbocycles. The Balaban J connectivity index is 1.88. The fourth-order valence-electron chi connectivity index (χ4n) is 1.95. The molecular weight excluding hydrogens is 218 g/mol. The SMILES string of the molecule is c1ccc(Cn2nc[n+]3c2SCCC3)cc1. The monoisotopic (exact) mass is 232 g/mol. The second-order valence-electron chi connectivity index (χ2n) is 3.95. The third-order valence-corrected chi connectivity index (χ3v) is 3.94. The number of aromatic nitrogens is 3. The number of nitrogens with zero attached hydrogens (tertiary/aromatic N) is 3. The van der Waals surface area contributed by atoms with Gasteiger partial charge in [0.2, 0.25) is 0 Å². The van der Waals surface area contributed by atoms with Crippen molar-refractivity contribution in [3.8, 4) is 0 Å². The zero-order valence-corrected chi connectivity index (χ0v) is 9.86. The molecule has 0 saturated heterocycles. The van der Waals surface area contributed by atoms with Crippen molar-refractivity contribution in [2.24, 2.45) is 0 Å². The molecule has 3 nitrogen and oxygen atoms in total. The van der Waals surface area contributed by atoms with Gasteiger partial charge in [-0.15, -0.1) is 0 Å². The zero-order chi connectivity index (χ0) is 10.8. The molecule has 1 aliphatic heterocycles. The lowest BCUT2D eigenvalue weighted by Gasteiger charge is -2.08. The molecule has 3 rings (SSSR count). The molecule has 2 heterocycles. The van der Waals surface area contributed by atoms with E-state index in [9.17, 15) is 0 Å². The molecule has 82 valence electrons. The predicted octanol–water partition coefficient (Wildman–Crippen LogP) is 1.71. The summed E-state index contributed by atoms with van der Waals surface area (Å²) in [5, 5.41) is 5.74. The first-order chi connectivity index (χ1) is 7.93. The van der Waals surface area contributed by atoms with Crippen LogP contribution in [-0.4, -0.2) is 15.5 Å². The van der Waals surface area contributed by atoms with E-state index in [-0.39, 0.29) is 0 Å². The van der Waals surface area contributed by atoms with E-state index in [4.69, 9.17) is 0 Å². The minimum absolute atomic E-state index is 0.871. The largest absolute Gasteiger partial charge is 0.296 e. The van der Waals surface area contributed by atoms with E-state index in [1.165, 1.54) is 22.9 Å². The zero-order valence-electron chi connectivity index (χ0n) is 9.04. The summed E-state index contributed by atoms with van der Waals surface area (Å²) in [5.41, 5.74) is 1.31. The highest BCUT2D eigenvalue weighted by molar-refractivity contribution is 7.99. The number of rotatable bonds is 2. The summed E-state index contributed by atoms with van der Waals surface area (Å²) in [6.45, 7) is 1.98. The van der Waals surface area contributed by atoms with Crippen LogP contribution in [0, 0.1) is 0 Å². The van der Waals surface area contributed by atoms with Gasteiger partial charge >= 0.3 is 0 Å². The smallest absolute Gasteiger partial charge is 0.225 e. The Morgan fingerprint density at radius 2 is 2.19 bits per heavy atom. The lowest BCUT2D eigenvalue weighted by molar-refractivity contribution is -0.735. The highest BCUT2D eigenvalue weighted by Gasteiger charge is 2.22. The molecule has 0 amide bonds. The molecule has 4 heteroatoms. The first-order valence-corrected chi connectivity index (χ1v) is 6.54. The Labute approximate surface area is 99.1 Å². The number of fused-ring (bicyclic) bond motifs is 1. The van der Waals surface area contributed by atoms with E-state index in [0.717, 1.165) is 13.1 Å². The molecule has 0 bridgehead atoms. The van der Waals surface area contributed by atoms with Crippen molar-refractivity contribution in [3.63, 3.8) is 0 Å². The van der Waals surface area contributed by atoms with Crippen LogP contribution in [-0.2, 0) is 13.1 Å². The average molecular weight is 232 g/mol. The topological polar surface area (TPSA) is 21.7 Å². The fourth-order valence-corrected chi connectivity index (χ4v) is 2.97. The van der Waals surface area contributed by atoms with Crippen LogP contribution in [0.4, 0.5) is 0 Å². The van der Waals surface area contributed by atoms with Crippen LogP contribution in [0.1, 0.15) is 12.0 Å². The van der Waals surface area contributed by atoms with Gasteiger partial charge < -0.3 is 0 Å². The van der Waals surface area contributed by atoms with Crippen LogP contribution in [0.5, 0.6) is 0 Å². The number of aryl methyl sites for hydroxylation is 1. The lowest BCUT2D eigenvalue weighted by atomic mass is 10.2. The van der Waals surface area contributed by atoms with Gasteiger partial charge in [-0.05, 0) is 12.0 Å². The van der Waals surface area contributed by atoms with Crippen LogP contribution >= 0.6 is 11.8 Å². The highest BCUT2D eigenvalue weighted by Crippen LogP contribution is 2.19. The lowest BCUT2D eigenvalue weighted by Crippen LogP contribution is -2.37. The fraction of sp³-hybridized carbons (Fsp3) is 0.333. The van der Waals surface area contributed by atoms with Gasteiger partial charge in [-0.3, -0.25) is 0 Å². The van der Waals surface area contributed by atoms with Gasteiger partial charge in [-0.1, -0.05) is 46.8 Å². The molecular formula is C12H14N3S+. The van der Waals surface area contributed by atoms with Crippen LogP contribution in [0.25, 0.3) is 0 Å². The van der Waals surface area contributed by atoms with Gasteiger partial charge in [0.25, 0.3) is 11.5 Å². The summed E-state index contributed by atoms with van der Waals surface area (Å²) in [5.74, 6) is 1.21. The van der Waals surface area contributed by atoms with Gasteiger partial charge in [0.15, 0.2) is 0 Å². The van der Waals surface area contributed by atoms with Crippen molar-refractivity contribution < 1.29 is 4.57 Å². The Morgan fingerprint density at radius 3 is 3.06 bits per heavy atom. The summed E-state index contributed by atoms with van der Waals surface area (Å²) in [7, 11) is 0. The Bertz CT molecular complexity index is 478. The maximum Gasteiger partial charge on any atom is 0.296 e. The molecule has 0 aliphatic carbocycles. The molecule has 0 atom stereocenters. The van der Waals surface area contributed by atoms with Crippen molar-refractivity contribution in [1.82, 2.24) is 9.78 Å². The first-order valence-electron chi connectivity index (χ1n) is 5.55. The van der Waals surface area contributed by atoms with Gasteiger partial charge in [0.1, 0.15) is 6.54 Å². The summed E-state index contributed by atoms with van der Waals surface area (Å²) in [4.78, 5) is 0. The molecule has 0 fully saturated rings. The maximum absolute atomic E-state index is 4.45. The molecule has 0 unspecified atom stereocenters. The normalized spacial score (nSPS) is 14.8. The Kier molecular flexibility index (Phi) is 2.66. The predicted molar refractivity (Wildman–Crippen MR) is 63.3 cm³/mol. The van der Waals surface area contributed by atoms with E-state index in [1.54, 1.807) is 0 Å². The van der Waals surface area contributed by atoms with Crippen LogP contribution < -0.4 is 4.57 Å². The van der Waals surface area contributed by atoms with Gasteiger partial charge in [-0.2, -0.15) is 0 Å². The van der Waals surface area contributed by atoms with E-state index < -0.39 is 0 Å². The average Bonchev–Trinajstić information content (AvgIpc) is 2.74. The summed E-state index contributed by atoms with van der Waals surface area (Å²) >= 11 is 1.90. The van der Waals surface area contributed by atoms with Crippen molar-refractivity contribution in [1.29, 1.82) is 0 Å². The van der Waals surface area contributed by atoms with Gasteiger partial charge in [0, 0.05) is 10.9 Å². The summed E-state index contributed by atoms with van der Waals surface area (Å²) < 4.78 is 4.34. The van der Waals surface area contributed by atoms with E-state index in [1.807, 2.05) is 24.2 Å². The third-order valence-electron chi connectivity index (χ3n) is 2.75. The van der Waals surface area contributed by atoms with Crippen LogP contribution in [0.3, 0.4) is 0 Å². The molecule has 1 aromatic carbocycles. The van der Waals surface area contributed by atoms with Crippen molar-refractivity contribution in [3.05, 3.63) is 42.2 Å². The summed E-state index contributed by atoms with van der Waals surface area (Å²) in [6, 6.07) is 10.5. The molecule has 1 aromatic heterocycles. The van der Waals surface area contributed by atoms with Crippen molar-refractivity contribution >= 4 is 11.8 Å². The number of hydrogen-bond acceptors (Lipinski definition) is 2. The number of hydrogen-bond donors (Lipinski definition) is 0. The number of thioether (sulfide) groups is 1. The molecule has 0 N–H and O–H groups in total. The van der Waals surface area contributed by atoms with E-state index >= 15 is 0 Å². The second-order valence-corrected chi connectivity index (χ2v) is 5.01. The van der Waals surface area contributed by atoms with Crippen LogP contribution in [0.2, 0.25) is 0 Å². The maximum atomic E-state index is 4.45. The minimum atomic E-state index is 0.871. The summed E-state index contributed by atoms with van der Waals surface area (Å²) in [6.07, 6.45) is 3.20.